The third-order valence-corrected chi connectivity index (χ3v) is 4.90. The van der Waals surface area contributed by atoms with E-state index >= 15 is 0 Å². The Morgan fingerprint density at radius 1 is 1.39 bits per heavy atom. The van der Waals surface area contributed by atoms with E-state index in [1.54, 1.807) is 23.3 Å². The number of aromatic nitrogens is 1. The molecule has 4 rings (SSSR count). The molecule has 0 atom stereocenters. The molecule has 0 bridgehead atoms. The summed E-state index contributed by atoms with van der Waals surface area (Å²) in [5, 5.41) is 0.675. The zero-order valence-electron chi connectivity index (χ0n) is 12.4. The molecule has 1 aliphatic heterocycles. The fourth-order valence-corrected chi connectivity index (χ4v) is 3.66. The van der Waals surface area contributed by atoms with Gasteiger partial charge in [-0.2, -0.15) is 0 Å². The lowest BCUT2D eigenvalue weighted by Gasteiger charge is -2.16. The van der Waals surface area contributed by atoms with E-state index in [9.17, 15) is 9.18 Å². The predicted molar refractivity (Wildman–Crippen MR) is 86.3 cm³/mol. The van der Waals surface area contributed by atoms with Gasteiger partial charge >= 0.3 is 0 Å². The summed E-state index contributed by atoms with van der Waals surface area (Å²) in [4.78, 5) is 19.7. The highest BCUT2D eigenvalue weighted by molar-refractivity contribution is 7.15. The Morgan fingerprint density at radius 3 is 3.04 bits per heavy atom. The highest BCUT2D eigenvalue weighted by Crippen LogP contribution is 2.33. The Hall–Kier alpha value is -2.47. The number of hydrogen-bond donors (Lipinski definition) is 0. The fourth-order valence-electron chi connectivity index (χ4n) is 2.79. The summed E-state index contributed by atoms with van der Waals surface area (Å²) in [6.45, 7) is 2.41. The highest BCUT2D eigenvalue weighted by atomic mass is 32.1. The number of benzene rings is 1. The first kappa shape index (κ1) is 14.1. The summed E-state index contributed by atoms with van der Waals surface area (Å²) in [5.41, 5.74) is 2.03. The van der Waals surface area contributed by atoms with Crippen LogP contribution in [0.25, 0.3) is 10.8 Å². The molecule has 0 aliphatic carbocycles. The van der Waals surface area contributed by atoms with Gasteiger partial charge in [0.05, 0.1) is 12.0 Å². The van der Waals surface area contributed by atoms with Crippen molar-refractivity contribution in [3.8, 4) is 10.8 Å². The Balaban J connectivity index is 1.70. The Morgan fingerprint density at radius 2 is 2.26 bits per heavy atom. The van der Waals surface area contributed by atoms with Crippen molar-refractivity contribution in [3.05, 3.63) is 58.5 Å². The van der Waals surface area contributed by atoms with Gasteiger partial charge in [0.1, 0.15) is 11.5 Å². The molecule has 0 unspecified atom stereocenters. The van der Waals surface area contributed by atoms with Crippen molar-refractivity contribution in [2.75, 3.05) is 11.4 Å². The lowest BCUT2D eigenvalue weighted by molar-refractivity contribution is 0.0985. The third-order valence-electron chi connectivity index (χ3n) is 3.92. The predicted octanol–water partition coefficient (Wildman–Crippen LogP) is 4.05. The van der Waals surface area contributed by atoms with Crippen LogP contribution < -0.4 is 4.90 Å². The van der Waals surface area contributed by atoms with E-state index in [4.69, 9.17) is 4.42 Å². The van der Waals surface area contributed by atoms with E-state index in [2.05, 4.69) is 4.98 Å². The van der Waals surface area contributed by atoms with Crippen LogP contribution in [0.1, 0.15) is 20.9 Å². The molecule has 0 fully saturated rings. The summed E-state index contributed by atoms with van der Waals surface area (Å²) in [5.74, 6) is 0.112. The van der Waals surface area contributed by atoms with E-state index in [0.717, 1.165) is 16.9 Å². The number of nitrogens with zero attached hydrogens (tertiary/aromatic N) is 2. The smallest absolute Gasteiger partial charge is 0.278 e. The number of halogens is 1. The number of thiazole rings is 1. The van der Waals surface area contributed by atoms with Crippen LogP contribution >= 0.6 is 11.3 Å². The van der Waals surface area contributed by atoms with Crippen molar-refractivity contribution in [2.24, 2.45) is 0 Å². The highest BCUT2D eigenvalue weighted by Gasteiger charge is 2.29. The third kappa shape index (κ3) is 2.35. The maximum absolute atomic E-state index is 13.5. The van der Waals surface area contributed by atoms with Crippen LogP contribution in [-0.4, -0.2) is 17.4 Å². The number of anilines is 1. The number of furan rings is 1. The molecular weight excluding hydrogens is 315 g/mol. The molecule has 0 saturated carbocycles. The largest absolute Gasteiger partial charge is 0.462 e. The van der Waals surface area contributed by atoms with Crippen LogP contribution in [0.3, 0.4) is 0 Å². The van der Waals surface area contributed by atoms with Gasteiger partial charge in [-0.1, -0.05) is 6.07 Å². The number of carbonyl (C=O) groups excluding carboxylic acids is 1. The standard InChI is InChI=1S/C17H13FN2O2S/c1-10-15(19-16(23-10)14-3-2-8-22-14)17(21)20-7-6-11-4-5-12(18)9-13(11)20/h2-5,8-9H,6-7H2,1H3. The maximum Gasteiger partial charge on any atom is 0.278 e. The van der Waals surface area contributed by atoms with Crippen LogP contribution in [0.2, 0.25) is 0 Å². The number of amides is 1. The van der Waals surface area contributed by atoms with Crippen LogP contribution in [-0.2, 0) is 6.42 Å². The first-order valence-electron chi connectivity index (χ1n) is 7.25. The summed E-state index contributed by atoms with van der Waals surface area (Å²) in [6.07, 6.45) is 2.31. The first-order valence-corrected chi connectivity index (χ1v) is 8.07. The molecule has 3 aromatic rings. The quantitative estimate of drug-likeness (QED) is 0.713. The number of fused-ring (bicyclic) bond motifs is 1. The maximum atomic E-state index is 13.5. The van der Waals surface area contributed by atoms with Crippen LogP contribution in [0.5, 0.6) is 0 Å². The van der Waals surface area contributed by atoms with Crippen LogP contribution in [0, 0.1) is 12.7 Å². The normalized spacial score (nSPS) is 13.4. The molecule has 116 valence electrons. The Kier molecular flexibility index (Phi) is 3.27. The lowest BCUT2D eigenvalue weighted by Crippen LogP contribution is -2.29. The summed E-state index contributed by atoms with van der Waals surface area (Å²) >= 11 is 1.42. The molecule has 23 heavy (non-hydrogen) atoms. The molecular formula is C17H13FN2O2S. The second-order valence-corrected chi connectivity index (χ2v) is 6.58. The minimum atomic E-state index is -0.338. The second-order valence-electron chi connectivity index (χ2n) is 5.38. The molecule has 0 radical (unpaired) electrons. The molecule has 1 amide bonds. The molecule has 0 N–H and O–H groups in total. The van der Waals surface area contributed by atoms with Crippen molar-refractivity contribution in [1.82, 2.24) is 4.98 Å². The minimum Gasteiger partial charge on any atom is -0.462 e. The molecule has 6 heteroatoms. The van der Waals surface area contributed by atoms with Gasteiger partial charge in [0.25, 0.3) is 5.91 Å². The molecule has 1 aliphatic rings. The average Bonchev–Trinajstić information content (AvgIpc) is 3.24. The lowest BCUT2D eigenvalue weighted by atomic mass is 10.1. The topological polar surface area (TPSA) is 46.3 Å². The van der Waals surface area contributed by atoms with Gasteiger partial charge in [0, 0.05) is 11.4 Å². The minimum absolute atomic E-state index is 0.194. The van der Waals surface area contributed by atoms with E-state index in [1.807, 2.05) is 13.0 Å². The Bertz CT molecular complexity index is 886. The molecule has 4 nitrogen and oxygen atoms in total. The second kappa shape index (κ2) is 5.31. The first-order chi connectivity index (χ1) is 11.1. The van der Waals surface area contributed by atoms with E-state index < -0.39 is 0 Å². The van der Waals surface area contributed by atoms with Crippen molar-refractivity contribution in [1.29, 1.82) is 0 Å². The number of aryl methyl sites for hydroxylation is 1. The number of carbonyl (C=O) groups is 1. The summed E-state index contributed by atoms with van der Waals surface area (Å²) < 4.78 is 18.8. The zero-order chi connectivity index (χ0) is 16.0. The molecule has 0 spiro atoms. The van der Waals surface area contributed by atoms with E-state index in [0.29, 0.717) is 28.7 Å². The van der Waals surface area contributed by atoms with Gasteiger partial charge in [-0.25, -0.2) is 9.37 Å². The van der Waals surface area contributed by atoms with Crippen LogP contribution in [0.15, 0.2) is 41.0 Å². The molecule has 0 saturated heterocycles. The number of hydrogen-bond acceptors (Lipinski definition) is 4. The molecule has 2 aromatic heterocycles. The molecule has 3 heterocycles. The number of rotatable bonds is 2. The summed E-state index contributed by atoms with van der Waals surface area (Å²) in [6, 6.07) is 8.17. The van der Waals surface area contributed by atoms with Crippen molar-refractivity contribution < 1.29 is 13.6 Å². The van der Waals surface area contributed by atoms with Crippen molar-refractivity contribution in [2.45, 2.75) is 13.3 Å². The van der Waals surface area contributed by atoms with Gasteiger partial charge < -0.3 is 9.32 Å². The van der Waals surface area contributed by atoms with E-state index in [1.165, 1.54) is 23.5 Å². The molecule has 1 aromatic carbocycles. The van der Waals surface area contributed by atoms with Gasteiger partial charge in [0.2, 0.25) is 0 Å². The summed E-state index contributed by atoms with van der Waals surface area (Å²) in [7, 11) is 0. The monoisotopic (exact) mass is 328 g/mol. The van der Waals surface area contributed by atoms with Crippen molar-refractivity contribution in [3.63, 3.8) is 0 Å². The Labute approximate surface area is 136 Å². The average molecular weight is 328 g/mol. The van der Waals surface area contributed by atoms with Crippen LogP contribution in [0.4, 0.5) is 10.1 Å². The fraction of sp³-hybridized carbons (Fsp3) is 0.176. The van der Waals surface area contributed by atoms with Crippen molar-refractivity contribution >= 4 is 22.9 Å². The SMILES string of the molecule is Cc1sc(-c2ccco2)nc1C(=O)N1CCc2ccc(F)cc21. The van der Waals surface area contributed by atoms with E-state index in [-0.39, 0.29) is 11.7 Å². The van der Waals surface area contributed by atoms with Gasteiger partial charge in [0.15, 0.2) is 10.8 Å². The van der Waals surface area contributed by atoms with Gasteiger partial charge in [-0.05, 0) is 43.2 Å². The van der Waals surface area contributed by atoms with Gasteiger partial charge in [-0.3, -0.25) is 4.79 Å². The van der Waals surface area contributed by atoms with Gasteiger partial charge in [-0.15, -0.1) is 11.3 Å². The zero-order valence-corrected chi connectivity index (χ0v) is 13.2.